The van der Waals surface area contributed by atoms with Crippen LogP contribution in [-0.2, 0) is 24.1 Å². The summed E-state index contributed by atoms with van der Waals surface area (Å²) in [5, 5.41) is 2.89. The number of nitrogens with zero attached hydrogens (tertiary/aromatic N) is 1. The molecular formula is C21H26N2O. The van der Waals surface area contributed by atoms with Crippen molar-refractivity contribution in [3.63, 3.8) is 0 Å². The minimum Gasteiger partial charge on any atom is -0.326 e. The van der Waals surface area contributed by atoms with Crippen LogP contribution in [0, 0.1) is 0 Å². The smallest absolute Gasteiger partial charge is 0.221 e. The number of carbonyl (C=O) groups excluding carboxylic acids is 1. The zero-order chi connectivity index (χ0) is 16.9. The zero-order valence-electron chi connectivity index (χ0n) is 14.6. The number of fused-ring (bicyclic) bond motifs is 1. The number of hydrogen-bond donors (Lipinski definition) is 1. The lowest BCUT2D eigenvalue weighted by Crippen LogP contribution is -2.37. The van der Waals surface area contributed by atoms with Crippen LogP contribution in [-0.4, -0.2) is 30.4 Å². The number of hydrogen-bond acceptors (Lipinski definition) is 2. The first-order chi connectivity index (χ1) is 11.6. The highest BCUT2D eigenvalue weighted by molar-refractivity contribution is 5.88. The van der Waals surface area contributed by atoms with E-state index < -0.39 is 0 Å². The van der Waals surface area contributed by atoms with E-state index in [-0.39, 0.29) is 5.91 Å². The van der Waals surface area contributed by atoms with Crippen LogP contribution in [0.5, 0.6) is 0 Å². The number of carbonyl (C=O) groups is 1. The molecule has 3 heteroatoms. The minimum atomic E-state index is -0.0118. The fraction of sp³-hybridized carbons (Fsp3) is 0.381. The summed E-state index contributed by atoms with van der Waals surface area (Å²) >= 11 is 0. The average molecular weight is 322 g/mol. The van der Waals surface area contributed by atoms with Crippen LogP contribution in [0.4, 0.5) is 5.69 Å². The number of anilines is 1. The highest BCUT2D eigenvalue weighted by atomic mass is 16.1. The van der Waals surface area contributed by atoms with Crippen molar-refractivity contribution in [1.29, 1.82) is 0 Å². The Morgan fingerprint density at radius 2 is 1.96 bits per heavy atom. The van der Waals surface area contributed by atoms with Crippen molar-refractivity contribution < 1.29 is 4.79 Å². The summed E-state index contributed by atoms with van der Waals surface area (Å²) in [6.07, 6.45) is 4.48. The summed E-state index contributed by atoms with van der Waals surface area (Å²) < 4.78 is 0. The van der Waals surface area contributed by atoms with Crippen molar-refractivity contribution in [2.75, 3.05) is 18.9 Å². The lowest BCUT2D eigenvalue weighted by molar-refractivity contribution is -0.114. The van der Waals surface area contributed by atoms with E-state index in [0.717, 1.165) is 31.5 Å². The molecule has 0 heterocycles. The van der Waals surface area contributed by atoms with E-state index in [4.69, 9.17) is 0 Å². The van der Waals surface area contributed by atoms with Gasteiger partial charge in [0.15, 0.2) is 0 Å². The summed E-state index contributed by atoms with van der Waals surface area (Å²) in [6.45, 7) is 2.63. The zero-order valence-corrected chi connectivity index (χ0v) is 14.6. The predicted octanol–water partition coefficient (Wildman–Crippen LogP) is 3.68. The number of likely N-dealkylation sites (N-methyl/N-ethyl adjacent to an activating group) is 1. The number of aryl methyl sites for hydroxylation is 1. The summed E-state index contributed by atoms with van der Waals surface area (Å²) in [4.78, 5) is 13.7. The molecule has 0 aromatic heterocycles. The fourth-order valence-corrected chi connectivity index (χ4v) is 3.53. The molecule has 2 aromatic carbocycles. The Labute approximate surface area is 144 Å². The summed E-state index contributed by atoms with van der Waals surface area (Å²) in [5.74, 6) is -0.0118. The summed E-state index contributed by atoms with van der Waals surface area (Å²) in [7, 11) is 2.23. The number of rotatable bonds is 5. The van der Waals surface area contributed by atoms with E-state index in [1.165, 1.54) is 23.1 Å². The normalized spacial score (nSPS) is 16.7. The first-order valence-electron chi connectivity index (χ1n) is 8.75. The molecule has 126 valence electrons. The Kier molecular flexibility index (Phi) is 5.31. The van der Waals surface area contributed by atoms with Crippen molar-refractivity contribution >= 4 is 11.6 Å². The van der Waals surface area contributed by atoms with Gasteiger partial charge < -0.3 is 10.2 Å². The van der Waals surface area contributed by atoms with Crippen LogP contribution >= 0.6 is 0 Å². The lowest BCUT2D eigenvalue weighted by atomic mass is 9.87. The molecule has 0 fully saturated rings. The van der Waals surface area contributed by atoms with Crippen molar-refractivity contribution in [3.05, 3.63) is 65.2 Å². The molecule has 2 aromatic rings. The molecule has 1 unspecified atom stereocenters. The molecule has 0 aliphatic heterocycles. The lowest BCUT2D eigenvalue weighted by Gasteiger charge is -2.32. The second kappa shape index (κ2) is 7.63. The second-order valence-electron chi connectivity index (χ2n) is 6.78. The molecule has 24 heavy (non-hydrogen) atoms. The molecule has 0 bridgehead atoms. The Morgan fingerprint density at radius 1 is 1.17 bits per heavy atom. The van der Waals surface area contributed by atoms with Crippen molar-refractivity contribution in [1.82, 2.24) is 4.90 Å². The highest BCUT2D eigenvalue weighted by Crippen LogP contribution is 2.27. The van der Waals surface area contributed by atoms with E-state index in [9.17, 15) is 4.79 Å². The maximum Gasteiger partial charge on any atom is 0.221 e. The van der Waals surface area contributed by atoms with Crippen LogP contribution in [0.2, 0.25) is 0 Å². The van der Waals surface area contributed by atoms with Crippen LogP contribution in [0.15, 0.2) is 48.5 Å². The van der Waals surface area contributed by atoms with Crippen LogP contribution in [0.3, 0.4) is 0 Å². The van der Waals surface area contributed by atoms with Crippen molar-refractivity contribution in [2.24, 2.45) is 0 Å². The topological polar surface area (TPSA) is 32.3 Å². The number of nitrogens with one attached hydrogen (secondary N) is 1. The first kappa shape index (κ1) is 16.7. The van der Waals surface area contributed by atoms with Crippen LogP contribution < -0.4 is 5.32 Å². The largest absolute Gasteiger partial charge is 0.326 e. The fourth-order valence-electron chi connectivity index (χ4n) is 3.53. The van der Waals surface area contributed by atoms with Gasteiger partial charge in [0.05, 0.1) is 0 Å². The van der Waals surface area contributed by atoms with Gasteiger partial charge in [-0.1, -0.05) is 36.4 Å². The van der Waals surface area contributed by atoms with Gasteiger partial charge in [0.2, 0.25) is 5.91 Å². The first-order valence-corrected chi connectivity index (χ1v) is 8.75. The van der Waals surface area contributed by atoms with Crippen molar-refractivity contribution in [3.8, 4) is 0 Å². The molecule has 1 aliphatic rings. The summed E-state index contributed by atoms with van der Waals surface area (Å²) in [5.41, 5.74) is 5.11. The van der Waals surface area contributed by atoms with Gasteiger partial charge in [0, 0.05) is 25.2 Å². The van der Waals surface area contributed by atoms with Crippen LogP contribution in [0.1, 0.15) is 30.0 Å². The van der Waals surface area contributed by atoms with E-state index in [1.807, 2.05) is 6.07 Å². The van der Waals surface area contributed by atoms with Gasteiger partial charge in [-0.05, 0) is 61.6 Å². The minimum absolute atomic E-state index is 0.0118. The van der Waals surface area contributed by atoms with Crippen molar-refractivity contribution in [2.45, 2.75) is 38.6 Å². The highest BCUT2D eigenvalue weighted by Gasteiger charge is 2.22. The average Bonchev–Trinajstić information content (AvgIpc) is 2.59. The SMILES string of the molecule is CC(=O)Nc1ccc2c(c1)CC(N(C)CCc1ccccc1)CC2. The van der Waals surface area contributed by atoms with E-state index in [1.54, 1.807) is 6.92 Å². The molecule has 1 aliphatic carbocycles. The Hall–Kier alpha value is -2.13. The molecule has 0 saturated carbocycles. The van der Waals surface area contributed by atoms with E-state index in [2.05, 4.69) is 59.7 Å². The molecule has 0 spiro atoms. The van der Waals surface area contributed by atoms with E-state index >= 15 is 0 Å². The maximum absolute atomic E-state index is 11.3. The molecule has 3 nitrogen and oxygen atoms in total. The van der Waals surface area contributed by atoms with Gasteiger partial charge in [0.1, 0.15) is 0 Å². The number of amides is 1. The third-order valence-electron chi connectivity index (χ3n) is 4.95. The molecule has 1 amide bonds. The standard InChI is InChI=1S/C21H26N2O/c1-16(24)22-20-10-8-18-9-11-21(15-19(18)14-20)23(2)13-12-17-6-4-3-5-7-17/h3-8,10,14,21H,9,11-13,15H2,1-2H3,(H,22,24). The molecule has 0 saturated heterocycles. The molecular weight excluding hydrogens is 296 g/mol. The maximum atomic E-state index is 11.3. The molecule has 1 atom stereocenters. The van der Waals surface area contributed by atoms with Gasteiger partial charge in [-0.2, -0.15) is 0 Å². The number of benzene rings is 2. The van der Waals surface area contributed by atoms with Crippen LogP contribution in [0.25, 0.3) is 0 Å². The molecule has 0 radical (unpaired) electrons. The Balaban J connectivity index is 1.61. The van der Waals surface area contributed by atoms with Gasteiger partial charge in [-0.3, -0.25) is 4.79 Å². The third kappa shape index (κ3) is 4.24. The summed E-state index contributed by atoms with van der Waals surface area (Å²) in [6, 6.07) is 17.6. The van der Waals surface area contributed by atoms with Gasteiger partial charge >= 0.3 is 0 Å². The molecule has 1 N–H and O–H groups in total. The van der Waals surface area contributed by atoms with Gasteiger partial charge in [-0.25, -0.2) is 0 Å². The van der Waals surface area contributed by atoms with Gasteiger partial charge in [-0.15, -0.1) is 0 Å². The predicted molar refractivity (Wildman–Crippen MR) is 99.3 cm³/mol. The Morgan fingerprint density at radius 3 is 2.71 bits per heavy atom. The second-order valence-corrected chi connectivity index (χ2v) is 6.78. The Bertz CT molecular complexity index is 696. The third-order valence-corrected chi connectivity index (χ3v) is 4.95. The monoisotopic (exact) mass is 322 g/mol. The van der Waals surface area contributed by atoms with Gasteiger partial charge in [0.25, 0.3) is 0 Å². The quantitative estimate of drug-likeness (QED) is 0.911. The molecule has 3 rings (SSSR count). The van der Waals surface area contributed by atoms with E-state index in [0.29, 0.717) is 6.04 Å².